The predicted molar refractivity (Wildman–Crippen MR) is 47.3 cm³/mol. The lowest BCUT2D eigenvalue weighted by atomic mass is 10.1. The molecule has 0 aromatic carbocycles. The van der Waals surface area contributed by atoms with Gasteiger partial charge in [-0.3, -0.25) is 0 Å². The van der Waals surface area contributed by atoms with Crippen molar-refractivity contribution in [2.45, 2.75) is 25.7 Å². The number of halogens is 2. The van der Waals surface area contributed by atoms with Gasteiger partial charge < -0.3 is 10.2 Å². The maximum absolute atomic E-state index is 11.8. The van der Waals surface area contributed by atoms with Crippen molar-refractivity contribution in [1.82, 2.24) is 10.2 Å². The molecule has 0 aromatic heterocycles. The van der Waals surface area contributed by atoms with Gasteiger partial charge in [0, 0.05) is 13.1 Å². The second-order valence-electron chi connectivity index (χ2n) is 4.25. The quantitative estimate of drug-likeness (QED) is 0.725. The number of nitrogens with zero attached hydrogens (tertiary/aromatic N) is 1. The number of hydrogen-bond acceptors (Lipinski definition) is 1. The molecule has 0 unspecified atom stereocenters. The van der Waals surface area contributed by atoms with Crippen LogP contribution in [0.1, 0.15) is 19.3 Å². The van der Waals surface area contributed by atoms with Crippen molar-refractivity contribution in [3.63, 3.8) is 0 Å². The molecule has 2 fully saturated rings. The van der Waals surface area contributed by atoms with Gasteiger partial charge in [0.25, 0.3) is 6.43 Å². The first-order chi connectivity index (χ1) is 6.61. The molecule has 0 radical (unpaired) electrons. The SMILES string of the molecule is O=C(NCC(F)F)N1CCC2(CC2)C1. The molecule has 5 heteroatoms. The van der Waals surface area contributed by atoms with E-state index in [1.165, 1.54) is 12.8 Å². The van der Waals surface area contributed by atoms with Crippen LogP contribution < -0.4 is 5.32 Å². The Morgan fingerprint density at radius 2 is 2.14 bits per heavy atom. The summed E-state index contributed by atoms with van der Waals surface area (Å²) < 4.78 is 23.6. The summed E-state index contributed by atoms with van der Waals surface area (Å²) in [5.41, 5.74) is 0.363. The highest BCUT2D eigenvalue weighted by molar-refractivity contribution is 5.74. The molecule has 0 aromatic rings. The number of amides is 2. The van der Waals surface area contributed by atoms with E-state index < -0.39 is 13.0 Å². The average molecular weight is 204 g/mol. The lowest BCUT2D eigenvalue weighted by Crippen LogP contribution is -2.40. The highest BCUT2D eigenvalue weighted by Crippen LogP contribution is 2.52. The lowest BCUT2D eigenvalue weighted by molar-refractivity contribution is 0.141. The molecule has 1 aliphatic heterocycles. The first kappa shape index (κ1) is 9.68. The van der Waals surface area contributed by atoms with Gasteiger partial charge >= 0.3 is 6.03 Å². The van der Waals surface area contributed by atoms with Crippen LogP contribution in [0.4, 0.5) is 13.6 Å². The summed E-state index contributed by atoms with van der Waals surface area (Å²) >= 11 is 0. The molecule has 1 heterocycles. The van der Waals surface area contributed by atoms with E-state index in [0.717, 1.165) is 19.5 Å². The van der Waals surface area contributed by atoms with E-state index in [1.54, 1.807) is 4.90 Å². The number of carbonyl (C=O) groups is 1. The van der Waals surface area contributed by atoms with Crippen LogP contribution in [-0.4, -0.2) is 37.0 Å². The first-order valence-corrected chi connectivity index (χ1v) is 4.92. The summed E-state index contributed by atoms with van der Waals surface area (Å²) in [6.07, 6.45) is 0.947. The minimum absolute atomic E-state index is 0.339. The van der Waals surface area contributed by atoms with Crippen molar-refractivity contribution in [2.75, 3.05) is 19.6 Å². The van der Waals surface area contributed by atoms with Crippen molar-refractivity contribution >= 4 is 6.03 Å². The second-order valence-corrected chi connectivity index (χ2v) is 4.25. The molecule has 2 aliphatic rings. The molecule has 14 heavy (non-hydrogen) atoms. The van der Waals surface area contributed by atoms with E-state index in [4.69, 9.17) is 0 Å². The fourth-order valence-corrected chi connectivity index (χ4v) is 1.97. The molecule has 80 valence electrons. The molecule has 1 saturated carbocycles. The van der Waals surface area contributed by atoms with Crippen LogP contribution in [-0.2, 0) is 0 Å². The molecule has 1 aliphatic carbocycles. The third-order valence-electron chi connectivity index (χ3n) is 3.09. The number of carbonyl (C=O) groups excluding carboxylic acids is 1. The minimum atomic E-state index is -2.46. The van der Waals surface area contributed by atoms with Crippen molar-refractivity contribution in [1.29, 1.82) is 0 Å². The highest BCUT2D eigenvalue weighted by atomic mass is 19.3. The Morgan fingerprint density at radius 3 is 2.64 bits per heavy atom. The van der Waals surface area contributed by atoms with E-state index in [2.05, 4.69) is 5.32 Å². The Bertz CT molecular complexity index is 241. The normalized spacial score (nSPS) is 23.2. The first-order valence-electron chi connectivity index (χ1n) is 4.92. The zero-order chi connectivity index (χ0) is 10.2. The molecule has 1 N–H and O–H groups in total. The van der Waals surface area contributed by atoms with Gasteiger partial charge in [-0.1, -0.05) is 0 Å². The van der Waals surface area contributed by atoms with Gasteiger partial charge in [0.2, 0.25) is 0 Å². The Balaban J connectivity index is 1.76. The van der Waals surface area contributed by atoms with Crippen molar-refractivity contribution in [3.8, 4) is 0 Å². The molecule has 2 rings (SSSR count). The average Bonchev–Trinajstić information content (AvgIpc) is 2.73. The van der Waals surface area contributed by atoms with Crippen molar-refractivity contribution < 1.29 is 13.6 Å². The number of alkyl halides is 2. The van der Waals surface area contributed by atoms with Crippen molar-refractivity contribution in [3.05, 3.63) is 0 Å². The molecule has 1 spiro atoms. The number of urea groups is 1. The van der Waals surface area contributed by atoms with E-state index in [-0.39, 0.29) is 6.03 Å². The van der Waals surface area contributed by atoms with E-state index in [1.807, 2.05) is 0 Å². The Kier molecular flexibility index (Phi) is 2.33. The molecular weight excluding hydrogens is 190 g/mol. The highest BCUT2D eigenvalue weighted by Gasteiger charge is 2.48. The number of likely N-dealkylation sites (tertiary alicyclic amines) is 1. The van der Waals surface area contributed by atoms with E-state index >= 15 is 0 Å². The summed E-state index contributed by atoms with van der Waals surface area (Å²) in [5.74, 6) is 0. The Labute approximate surface area is 81.4 Å². The summed E-state index contributed by atoms with van der Waals surface area (Å²) in [7, 11) is 0. The maximum Gasteiger partial charge on any atom is 0.317 e. The predicted octanol–water partition coefficient (Wildman–Crippen LogP) is 1.45. The summed E-state index contributed by atoms with van der Waals surface area (Å²) in [4.78, 5) is 13.0. The Morgan fingerprint density at radius 1 is 1.43 bits per heavy atom. The second kappa shape index (κ2) is 3.37. The maximum atomic E-state index is 11.8. The van der Waals surface area contributed by atoms with E-state index in [9.17, 15) is 13.6 Å². The van der Waals surface area contributed by atoms with Gasteiger partial charge in [-0.2, -0.15) is 0 Å². The van der Waals surface area contributed by atoms with Gasteiger partial charge in [0.05, 0.1) is 6.54 Å². The van der Waals surface area contributed by atoms with Gasteiger partial charge in [0.1, 0.15) is 0 Å². The molecule has 1 saturated heterocycles. The minimum Gasteiger partial charge on any atom is -0.332 e. The fourth-order valence-electron chi connectivity index (χ4n) is 1.97. The number of rotatable bonds is 2. The van der Waals surface area contributed by atoms with Crippen LogP contribution in [0.15, 0.2) is 0 Å². The van der Waals surface area contributed by atoms with Crippen LogP contribution in [0.5, 0.6) is 0 Å². The van der Waals surface area contributed by atoms with Gasteiger partial charge in [-0.15, -0.1) is 0 Å². The van der Waals surface area contributed by atoms with Crippen LogP contribution in [0, 0.1) is 5.41 Å². The third kappa shape index (κ3) is 1.96. The third-order valence-corrected chi connectivity index (χ3v) is 3.09. The molecule has 3 nitrogen and oxygen atoms in total. The molecule has 0 bridgehead atoms. The molecular formula is C9H14F2N2O. The standard InChI is InChI=1S/C9H14F2N2O/c10-7(11)5-12-8(14)13-4-3-9(6-13)1-2-9/h7H,1-6H2,(H,12,14). The topological polar surface area (TPSA) is 32.3 Å². The van der Waals surface area contributed by atoms with Gasteiger partial charge in [-0.05, 0) is 24.7 Å². The van der Waals surface area contributed by atoms with Crippen molar-refractivity contribution in [2.24, 2.45) is 5.41 Å². The zero-order valence-corrected chi connectivity index (χ0v) is 7.93. The van der Waals surface area contributed by atoms with Gasteiger partial charge in [-0.25, -0.2) is 13.6 Å². The summed E-state index contributed by atoms with van der Waals surface area (Å²) in [6.45, 7) is 0.930. The van der Waals surface area contributed by atoms with Crippen LogP contribution in [0.25, 0.3) is 0 Å². The zero-order valence-electron chi connectivity index (χ0n) is 7.93. The van der Waals surface area contributed by atoms with Crippen LogP contribution >= 0.6 is 0 Å². The Hall–Kier alpha value is -0.870. The fraction of sp³-hybridized carbons (Fsp3) is 0.889. The molecule has 2 amide bonds. The smallest absolute Gasteiger partial charge is 0.317 e. The monoisotopic (exact) mass is 204 g/mol. The van der Waals surface area contributed by atoms with Crippen LogP contribution in [0.3, 0.4) is 0 Å². The molecule has 0 atom stereocenters. The summed E-state index contributed by atoms with van der Waals surface area (Å²) in [5, 5.41) is 2.23. The largest absolute Gasteiger partial charge is 0.332 e. The number of hydrogen-bond donors (Lipinski definition) is 1. The van der Waals surface area contributed by atoms with E-state index in [0.29, 0.717) is 5.41 Å². The van der Waals surface area contributed by atoms with Crippen LogP contribution in [0.2, 0.25) is 0 Å². The summed E-state index contributed by atoms with van der Waals surface area (Å²) in [6, 6.07) is -0.339. The lowest BCUT2D eigenvalue weighted by Gasteiger charge is -2.16. The van der Waals surface area contributed by atoms with Gasteiger partial charge in [0.15, 0.2) is 0 Å². The number of nitrogens with one attached hydrogen (secondary N) is 1.